The molecular formula is C11H20. The quantitative estimate of drug-likeness (QED) is 0.403. The zero-order valence-corrected chi connectivity index (χ0v) is 7.90. The van der Waals surface area contributed by atoms with Crippen molar-refractivity contribution >= 4 is 0 Å². The van der Waals surface area contributed by atoms with E-state index >= 15 is 0 Å². The summed E-state index contributed by atoms with van der Waals surface area (Å²) in [4.78, 5) is 0. The van der Waals surface area contributed by atoms with Crippen molar-refractivity contribution in [3.63, 3.8) is 0 Å². The molecule has 0 aliphatic rings. The van der Waals surface area contributed by atoms with Crippen molar-refractivity contribution in [2.75, 3.05) is 0 Å². The van der Waals surface area contributed by atoms with Crippen LogP contribution in [0.2, 0.25) is 0 Å². The molecule has 0 rings (SSSR count). The van der Waals surface area contributed by atoms with Crippen molar-refractivity contribution in [1.82, 2.24) is 0 Å². The largest absolute Gasteiger partial charge is 0.120 e. The van der Waals surface area contributed by atoms with Crippen LogP contribution in [0.25, 0.3) is 0 Å². The Bertz CT molecular complexity index is 104. The lowest BCUT2D eigenvalue weighted by Gasteiger charge is -2.10. The van der Waals surface area contributed by atoms with Gasteiger partial charge in [-0.15, -0.1) is 12.3 Å². The minimum Gasteiger partial charge on any atom is -0.120 e. The molecule has 11 heavy (non-hydrogen) atoms. The highest BCUT2D eigenvalue weighted by Crippen LogP contribution is 2.16. The molecule has 0 aliphatic heterocycles. The number of rotatable bonds is 6. The fourth-order valence-electron chi connectivity index (χ4n) is 1.36. The van der Waals surface area contributed by atoms with Crippen molar-refractivity contribution < 1.29 is 0 Å². The zero-order valence-electron chi connectivity index (χ0n) is 7.90. The molecule has 0 saturated carbocycles. The van der Waals surface area contributed by atoms with Gasteiger partial charge in [-0.05, 0) is 12.3 Å². The van der Waals surface area contributed by atoms with Crippen molar-refractivity contribution in [1.29, 1.82) is 0 Å². The van der Waals surface area contributed by atoms with Crippen molar-refractivity contribution in [2.45, 2.75) is 52.4 Å². The van der Waals surface area contributed by atoms with Gasteiger partial charge >= 0.3 is 0 Å². The second kappa shape index (κ2) is 7.66. The Hall–Kier alpha value is -0.440. The second-order valence-electron chi connectivity index (χ2n) is 3.13. The molecular weight excluding hydrogens is 132 g/mol. The summed E-state index contributed by atoms with van der Waals surface area (Å²) in [6, 6.07) is 0. The van der Waals surface area contributed by atoms with E-state index < -0.39 is 0 Å². The third-order valence-electron chi connectivity index (χ3n) is 2.34. The van der Waals surface area contributed by atoms with Gasteiger partial charge in [0.15, 0.2) is 0 Å². The van der Waals surface area contributed by atoms with Gasteiger partial charge in [-0.2, -0.15) is 0 Å². The van der Waals surface area contributed by atoms with Gasteiger partial charge in [0.1, 0.15) is 0 Å². The van der Waals surface area contributed by atoms with Crippen LogP contribution in [0, 0.1) is 18.3 Å². The molecule has 0 aromatic carbocycles. The topological polar surface area (TPSA) is 0 Å². The van der Waals surface area contributed by atoms with E-state index in [1.165, 1.54) is 32.1 Å². The first kappa shape index (κ1) is 10.6. The number of hydrogen-bond acceptors (Lipinski definition) is 0. The van der Waals surface area contributed by atoms with E-state index in [0.717, 1.165) is 12.3 Å². The summed E-state index contributed by atoms with van der Waals surface area (Å²) in [5, 5.41) is 0. The molecule has 0 aromatic heterocycles. The molecule has 0 saturated heterocycles. The first-order chi connectivity index (χ1) is 5.35. The molecule has 0 nitrogen and oxygen atoms in total. The first-order valence-electron chi connectivity index (χ1n) is 4.78. The molecule has 0 heterocycles. The van der Waals surface area contributed by atoms with Crippen molar-refractivity contribution in [3.8, 4) is 12.3 Å². The summed E-state index contributed by atoms with van der Waals surface area (Å²) >= 11 is 0. The lowest BCUT2D eigenvalue weighted by atomic mass is 9.96. The minimum absolute atomic E-state index is 0.938. The first-order valence-corrected chi connectivity index (χ1v) is 4.78. The summed E-state index contributed by atoms with van der Waals surface area (Å²) in [7, 11) is 0. The predicted octanol–water partition coefficient (Wildman–Crippen LogP) is 3.62. The smallest absolute Gasteiger partial charge is 0.00860 e. The van der Waals surface area contributed by atoms with Crippen LogP contribution < -0.4 is 0 Å². The summed E-state index contributed by atoms with van der Waals surface area (Å²) < 4.78 is 0. The lowest BCUT2D eigenvalue weighted by Crippen LogP contribution is -1.95. The highest BCUT2D eigenvalue weighted by atomic mass is 14.1. The zero-order chi connectivity index (χ0) is 8.53. The van der Waals surface area contributed by atoms with Gasteiger partial charge in [-0.3, -0.25) is 0 Å². The molecule has 0 N–H and O–H groups in total. The third kappa shape index (κ3) is 5.98. The predicted molar refractivity (Wildman–Crippen MR) is 51.4 cm³/mol. The molecule has 0 atom stereocenters. The Kier molecular flexibility index (Phi) is 7.36. The maximum absolute atomic E-state index is 5.16. The van der Waals surface area contributed by atoms with E-state index in [2.05, 4.69) is 19.8 Å². The van der Waals surface area contributed by atoms with Crippen LogP contribution in [-0.4, -0.2) is 0 Å². The van der Waals surface area contributed by atoms with Gasteiger partial charge in [0.05, 0.1) is 0 Å². The SMILES string of the molecule is C#CCCCCC(CC)CC. The van der Waals surface area contributed by atoms with E-state index in [4.69, 9.17) is 6.42 Å². The van der Waals surface area contributed by atoms with Crippen LogP contribution in [0.3, 0.4) is 0 Å². The van der Waals surface area contributed by atoms with Gasteiger partial charge < -0.3 is 0 Å². The Labute approximate surface area is 71.4 Å². The van der Waals surface area contributed by atoms with Gasteiger partial charge in [0.2, 0.25) is 0 Å². The highest BCUT2D eigenvalue weighted by molar-refractivity contribution is 4.82. The summed E-state index contributed by atoms with van der Waals surface area (Å²) in [6.45, 7) is 4.55. The molecule has 0 unspecified atom stereocenters. The fourth-order valence-corrected chi connectivity index (χ4v) is 1.36. The van der Waals surface area contributed by atoms with Crippen LogP contribution >= 0.6 is 0 Å². The number of hydrogen-bond donors (Lipinski definition) is 0. The molecule has 0 amide bonds. The average Bonchev–Trinajstić information content (AvgIpc) is 2.05. The second-order valence-corrected chi connectivity index (χ2v) is 3.13. The normalized spacial score (nSPS) is 10.0. The third-order valence-corrected chi connectivity index (χ3v) is 2.34. The van der Waals surface area contributed by atoms with Crippen molar-refractivity contribution in [2.24, 2.45) is 5.92 Å². The van der Waals surface area contributed by atoms with Crippen molar-refractivity contribution in [3.05, 3.63) is 0 Å². The Balaban J connectivity index is 3.16. The van der Waals surface area contributed by atoms with E-state index in [-0.39, 0.29) is 0 Å². The van der Waals surface area contributed by atoms with Crippen LogP contribution in [-0.2, 0) is 0 Å². The monoisotopic (exact) mass is 152 g/mol. The molecule has 0 heteroatoms. The summed E-state index contributed by atoms with van der Waals surface area (Å²) in [6.07, 6.45) is 12.7. The highest BCUT2D eigenvalue weighted by Gasteiger charge is 2.01. The maximum atomic E-state index is 5.16. The Morgan fingerprint density at radius 2 is 1.82 bits per heavy atom. The number of unbranched alkanes of at least 4 members (excludes halogenated alkanes) is 2. The van der Waals surface area contributed by atoms with Gasteiger partial charge in [-0.25, -0.2) is 0 Å². The van der Waals surface area contributed by atoms with Gasteiger partial charge in [0, 0.05) is 6.42 Å². The summed E-state index contributed by atoms with van der Waals surface area (Å²) in [5.74, 6) is 3.62. The molecule has 0 fully saturated rings. The average molecular weight is 152 g/mol. The molecule has 0 spiro atoms. The van der Waals surface area contributed by atoms with Gasteiger partial charge in [0.25, 0.3) is 0 Å². The maximum Gasteiger partial charge on any atom is 0.00860 e. The number of terminal acetylenes is 1. The van der Waals surface area contributed by atoms with E-state index in [1.807, 2.05) is 0 Å². The van der Waals surface area contributed by atoms with E-state index in [9.17, 15) is 0 Å². The summed E-state index contributed by atoms with van der Waals surface area (Å²) in [5.41, 5.74) is 0. The molecule has 0 bridgehead atoms. The Morgan fingerprint density at radius 3 is 2.27 bits per heavy atom. The van der Waals surface area contributed by atoms with Gasteiger partial charge in [-0.1, -0.05) is 39.5 Å². The molecule has 64 valence electrons. The lowest BCUT2D eigenvalue weighted by molar-refractivity contribution is 0.435. The Morgan fingerprint density at radius 1 is 1.18 bits per heavy atom. The van der Waals surface area contributed by atoms with Crippen LogP contribution in [0.5, 0.6) is 0 Å². The van der Waals surface area contributed by atoms with E-state index in [1.54, 1.807) is 0 Å². The van der Waals surface area contributed by atoms with E-state index in [0.29, 0.717) is 0 Å². The van der Waals surface area contributed by atoms with Crippen LogP contribution in [0.1, 0.15) is 52.4 Å². The van der Waals surface area contributed by atoms with Crippen LogP contribution in [0.4, 0.5) is 0 Å². The molecule has 0 aromatic rings. The molecule has 0 radical (unpaired) electrons. The minimum atomic E-state index is 0.938. The molecule has 0 aliphatic carbocycles. The standard InChI is InChI=1S/C11H20/c1-4-7-8-9-10-11(5-2)6-3/h1,11H,5-10H2,2-3H3. The van der Waals surface area contributed by atoms with Crippen LogP contribution in [0.15, 0.2) is 0 Å². The fraction of sp³-hybridized carbons (Fsp3) is 0.818.